The summed E-state index contributed by atoms with van der Waals surface area (Å²) < 4.78 is 396. The van der Waals surface area contributed by atoms with Crippen molar-refractivity contribution in [3.63, 3.8) is 0 Å². The van der Waals surface area contributed by atoms with Gasteiger partial charge in [-0.3, -0.25) is 9.59 Å². The lowest BCUT2D eigenvalue weighted by Crippen LogP contribution is -2.74. The zero-order chi connectivity index (χ0) is 49.3. The number of hydrogen-bond donors (Lipinski definition) is 5. The van der Waals surface area contributed by atoms with E-state index in [1.807, 2.05) is 0 Å². The summed E-state index contributed by atoms with van der Waals surface area (Å²) >= 11 is 0. The summed E-state index contributed by atoms with van der Waals surface area (Å²) in [5.41, 5.74) is 0. The van der Waals surface area contributed by atoms with E-state index in [4.69, 9.17) is 0 Å². The Kier molecular flexibility index (Phi) is 16.8. The molecule has 0 atom stereocenters. The van der Waals surface area contributed by atoms with Crippen molar-refractivity contribution >= 4 is 11.8 Å². The van der Waals surface area contributed by atoms with Crippen molar-refractivity contribution in [2.45, 2.75) is 83.4 Å². The molecule has 37 heteroatoms. The van der Waals surface area contributed by atoms with Gasteiger partial charge in [0.25, 0.3) is 11.8 Å². The summed E-state index contributed by atoms with van der Waals surface area (Å²) in [7, 11) is 0. The number of hydrogen-bond acceptors (Lipinski definition) is 5. The van der Waals surface area contributed by atoms with E-state index in [0.717, 1.165) is 0 Å². The molecular formula is C24H21F30N5O2. The van der Waals surface area contributed by atoms with Crippen LogP contribution in [0.5, 0.6) is 0 Å². The van der Waals surface area contributed by atoms with Gasteiger partial charge < -0.3 is 26.6 Å². The summed E-state index contributed by atoms with van der Waals surface area (Å²) in [5, 5.41) is 8.03. The van der Waals surface area contributed by atoms with Crippen molar-refractivity contribution in [2.75, 3.05) is 52.4 Å². The van der Waals surface area contributed by atoms with E-state index >= 15 is 0 Å². The van der Waals surface area contributed by atoms with Crippen LogP contribution in [0.4, 0.5) is 132 Å². The monoisotopic (exact) mass is 981 g/mol. The molecule has 0 aromatic carbocycles. The lowest BCUT2D eigenvalue weighted by Gasteiger charge is -2.41. The highest BCUT2D eigenvalue weighted by Crippen LogP contribution is 2.64. The molecule has 61 heavy (non-hydrogen) atoms. The van der Waals surface area contributed by atoms with Crippen LogP contribution in [-0.4, -0.2) is 148 Å². The van der Waals surface area contributed by atoms with Crippen molar-refractivity contribution in [3.8, 4) is 0 Å². The largest absolute Gasteiger partial charge is 0.460 e. The molecule has 0 aliphatic rings. The molecule has 0 aliphatic carbocycles. The third-order valence-corrected chi connectivity index (χ3v) is 7.36. The number of carbonyl (C=O) groups excluding carboxylic acids is 2. The van der Waals surface area contributed by atoms with Crippen LogP contribution >= 0.6 is 0 Å². The van der Waals surface area contributed by atoms with E-state index in [0.29, 0.717) is 10.6 Å². The lowest BCUT2D eigenvalue weighted by molar-refractivity contribution is -0.449. The number of nitrogens with one attached hydrogen (secondary N) is 5. The van der Waals surface area contributed by atoms with Crippen molar-refractivity contribution in [1.82, 2.24) is 26.6 Å². The molecule has 0 saturated heterocycles. The van der Waals surface area contributed by atoms with Crippen molar-refractivity contribution in [1.29, 1.82) is 0 Å². The van der Waals surface area contributed by atoms with Crippen LogP contribution in [0.3, 0.4) is 0 Å². The fraction of sp³-hybridized carbons (Fsp3) is 0.917. The van der Waals surface area contributed by atoms with E-state index in [-0.39, 0.29) is 13.1 Å². The molecule has 0 spiro atoms. The van der Waals surface area contributed by atoms with Gasteiger partial charge in [0.05, 0.1) is 0 Å². The average Bonchev–Trinajstić information content (AvgIpc) is 3.07. The van der Waals surface area contributed by atoms with Gasteiger partial charge in [-0.1, -0.05) is 0 Å². The second-order valence-corrected chi connectivity index (χ2v) is 11.7. The number of carbonyl (C=O) groups is 2. The molecule has 0 fully saturated rings. The molecule has 0 rings (SSSR count). The van der Waals surface area contributed by atoms with Gasteiger partial charge in [-0.2, -0.15) is 132 Å². The smallest absolute Gasteiger partial charge is 0.349 e. The summed E-state index contributed by atoms with van der Waals surface area (Å²) in [5.74, 6) is -106. The van der Waals surface area contributed by atoms with Crippen molar-refractivity contribution in [2.24, 2.45) is 0 Å². The fourth-order valence-corrected chi connectivity index (χ4v) is 3.70. The van der Waals surface area contributed by atoms with E-state index in [2.05, 4.69) is 16.0 Å². The SMILES string of the molecule is O=C(NCCNCCNCCNCCNC(=O)C(F)(F)C(F)(F)C(F)(F)C(F)(F)C(F)(F)C(F)(F)C(F)(F)F)C(F)(F)C(F)(F)C(F)(F)C(F)(F)C(F)(F)C(F)(F)C(F)(F)F. The molecule has 0 bridgehead atoms. The highest BCUT2D eigenvalue weighted by Gasteiger charge is 2.95. The average molecular weight is 981 g/mol. The molecule has 2 amide bonds. The standard InChI is InChI=1S/C24H21F30N5O2/c25-11(26,13(29,30)15(33,34)17(37,38)19(41,42)21(45,46)23(49,50)51)9(60)58-7-5-56-3-1-55-2-4-57-6-8-59-10(61)12(27,28)14(31,32)16(35,36)18(39,40)20(43,44)22(47,48)24(52,53)54/h55-57H,1-8H2,(H,58,60)(H,59,61). The number of halogens is 30. The molecule has 0 saturated carbocycles. The molecule has 5 N–H and O–H groups in total. The third-order valence-electron chi connectivity index (χ3n) is 7.36. The molecule has 7 nitrogen and oxygen atoms in total. The highest BCUT2D eigenvalue weighted by atomic mass is 19.4. The molecule has 0 aliphatic heterocycles. The molecule has 364 valence electrons. The van der Waals surface area contributed by atoms with E-state index in [9.17, 15) is 141 Å². The van der Waals surface area contributed by atoms with E-state index < -0.39 is 135 Å². The maximum atomic E-state index is 13.8. The Labute approximate surface area is 316 Å². The third kappa shape index (κ3) is 9.64. The zero-order valence-corrected chi connectivity index (χ0v) is 28.3. The molecule has 0 aromatic rings. The first-order valence-electron chi connectivity index (χ1n) is 14.9. The summed E-state index contributed by atoms with van der Waals surface area (Å²) in [4.78, 5) is 22.7. The van der Waals surface area contributed by atoms with E-state index in [1.54, 1.807) is 0 Å². The van der Waals surface area contributed by atoms with Gasteiger partial charge in [-0.15, -0.1) is 0 Å². The van der Waals surface area contributed by atoms with Gasteiger partial charge in [-0.05, 0) is 0 Å². The molecule has 0 heterocycles. The first kappa shape index (κ1) is 57.7. The van der Waals surface area contributed by atoms with E-state index in [1.165, 1.54) is 0 Å². The van der Waals surface area contributed by atoms with Gasteiger partial charge in [0.1, 0.15) is 0 Å². The Bertz CT molecular complexity index is 1380. The number of amides is 2. The van der Waals surface area contributed by atoms with Crippen LogP contribution in [0.2, 0.25) is 0 Å². The molecule has 0 radical (unpaired) electrons. The molecule has 0 aromatic heterocycles. The Morgan fingerprint density at radius 3 is 0.607 bits per heavy atom. The minimum Gasteiger partial charge on any atom is -0.349 e. The first-order valence-corrected chi connectivity index (χ1v) is 14.9. The summed E-state index contributed by atoms with van der Waals surface area (Å²) in [6.07, 6.45) is -15.7. The molecular weight excluding hydrogens is 960 g/mol. The minimum absolute atomic E-state index is 0.299. The normalized spacial score (nSPS) is 15.6. The summed E-state index contributed by atoms with van der Waals surface area (Å²) in [6, 6.07) is 0. The second kappa shape index (κ2) is 17.7. The van der Waals surface area contributed by atoms with Crippen LogP contribution in [-0.2, 0) is 9.59 Å². The summed E-state index contributed by atoms with van der Waals surface area (Å²) in [6.45, 7) is -5.80. The predicted octanol–water partition coefficient (Wildman–Crippen LogP) is 6.74. The topological polar surface area (TPSA) is 94.3 Å². The van der Waals surface area contributed by atoms with Gasteiger partial charge in [0, 0.05) is 52.4 Å². The first-order chi connectivity index (χ1) is 26.5. The quantitative estimate of drug-likeness (QED) is 0.0547. The van der Waals surface area contributed by atoms with Crippen LogP contribution < -0.4 is 26.6 Å². The Morgan fingerprint density at radius 2 is 0.410 bits per heavy atom. The lowest BCUT2D eigenvalue weighted by atomic mass is 9.91. The van der Waals surface area contributed by atoms with Gasteiger partial charge in [0.2, 0.25) is 0 Å². The van der Waals surface area contributed by atoms with Crippen LogP contribution in [0.15, 0.2) is 0 Å². The Balaban J connectivity index is 5.01. The van der Waals surface area contributed by atoms with Crippen LogP contribution in [0, 0.1) is 0 Å². The predicted molar refractivity (Wildman–Crippen MR) is 136 cm³/mol. The second-order valence-electron chi connectivity index (χ2n) is 11.7. The fourth-order valence-electron chi connectivity index (χ4n) is 3.70. The van der Waals surface area contributed by atoms with Gasteiger partial charge >= 0.3 is 83.4 Å². The highest BCUT2D eigenvalue weighted by molar-refractivity contribution is 5.85. The van der Waals surface area contributed by atoms with Crippen molar-refractivity contribution in [3.05, 3.63) is 0 Å². The molecule has 0 unspecified atom stereocenters. The Hall–Kier alpha value is -3.28. The van der Waals surface area contributed by atoms with Crippen LogP contribution in [0.25, 0.3) is 0 Å². The van der Waals surface area contributed by atoms with Crippen molar-refractivity contribution < 1.29 is 141 Å². The number of rotatable bonds is 24. The zero-order valence-electron chi connectivity index (χ0n) is 28.3. The van der Waals surface area contributed by atoms with Crippen LogP contribution in [0.1, 0.15) is 0 Å². The Morgan fingerprint density at radius 1 is 0.246 bits per heavy atom. The maximum Gasteiger partial charge on any atom is 0.460 e. The van der Waals surface area contributed by atoms with Gasteiger partial charge in [-0.25, -0.2) is 0 Å². The number of alkyl halides is 30. The van der Waals surface area contributed by atoms with Gasteiger partial charge in [0.15, 0.2) is 0 Å². The maximum absolute atomic E-state index is 13.8. The minimum atomic E-state index is -8.62.